The van der Waals surface area contributed by atoms with E-state index in [9.17, 15) is 0 Å². The molecule has 0 bridgehead atoms. The van der Waals surface area contributed by atoms with E-state index in [1.54, 1.807) is 0 Å². The largest absolute Gasteiger partial charge is 0.488 e. The maximum Gasteiger partial charge on any atom is 0.134 e. The number of nitrogens with one attached hydrogen (secondary N) is 1. The first-order valence-corrected chi connectivity index (χ1v) is 7.04. The maximum absolute atomic E-state index is 6.01. The molecule has 3 aromatic rings. The number of fused-ring (bicyclic) bond motifs is 2. The second-order valence-electron chi connectivity index (χ2n) is 5.30. The predicted octanol–water partition coefficient (Wildman–Crippen LogP) is 2.94. The summed E-state index contributed by atoms with van der Waals surface area (Å²) in [5.41, 5.74) is 4.91. The van der Waals surface area contributed by atoms with Crippen molar-refractivity contribution in [2.24, 2.45) is 5.84 Å². The molecule has 4 heteroatoms. The van der Waals surface area contributed by atoms with Crippen LogP contribution in [-0.4, -0.2) is 6.10 Å². The molecular formula is C17H16N2O2. The van der Waals surface area contributed by atoms with Crippen molar-refractivity contribution in [1.29, 1.82) is 0 Å². The van der Waals surface area contributed by atoms with Crippen molar-refractivity contribution in [3.05, 3.63) is 65.9 Å². The van der Waals surface area contributed by atoms with E-state index in [4.69, 9.17) is 15.0 Å². The lowest BCUT2D eigenvalue weighted by molar-refractivity contribution is 0.166. The van der Waals surface area contributed by atoms with E-state index in [1.165, 1.54) is 5.56 Å². The molecule has 0 amide bonds. The lowest BCUT2D eigenvalue weighted by Gasteiger charge is -2.20. The van der Waals surface area contributed by atoms with Crippen LogP contribution in [0.25, 0.3) is 11.0 Å². The third kappa shape index (κ3) is 2.09. The predicted molar refractivity (Wildman–Crippen MR) is 80.8 cm³/mol. The topological polar surface area (TPSA) is 60.4 Å². The van der Waals surface area contributed by atoms with Gasteiger partial charge in [0.2, 0.25) is 0 Å². The van der Waals surface area contributed by atoms with Crippen LogP contribution < -0.4 is 16.0 Å². The summed E-state index contributed by atoms with van der Waals surface area (Å²) in [5, 5.41) is 1.07. The molecule has 2 aromatic carbocycles. The summed E-state index contributed by atoms with van der Waals surface area (Å²) in [6, 6.07) is 17.9. The van der Waals surface area contributed by atoms with Gasteiger partial charge in [0.1, 0.15) is 29.2 Å². The van der Waals surface area contributed by atoms with E-state index in [0.29, 0.717) is 0 Å². The van der Waals surface area contributed by atoms with Gasteiger partial charge in [-0.05, 0) is 23.8 Å². The highest BCUT2D eigenvalue weighted by atomic mass is 16.5. The standard InChI is InChI=1S/C17H16N2O2/c18-19-17(15-9-11-5-1-3-7-13(11)20-15)16-10-12-6-2-4-8-14(12)21-16/h1-9,16-17,19H,10,18H2. The average molecular weight is 280 g/mol. The van der Waals surface area contributed by atoms with Crippen LogP contribution in [0.15, 0.2) is 59.0 Å². The van der Waals surface area contributed by atoms with Crippen molar-refractivity contribution in [1.82, 2.24) is 5.43 Å². The molecule has 4 rings (SSSR count). The molecule has 21 heavy (non-hydrogen) atoms. The second kappa shape index (κ2) is 4.91. The van der Waals surface area contributed by atoms with Gasteiger partial charge in [-0.3, -0.25) is 5.84 Å². The minimum atomic E-state index is -0.176. The summed E-state index contributed by atoms with van der Waals surface area (Å²) >= 11 is 0. The quantitative estimate of drug-likeness (QED) is 0.572. The van der Waals surface area contributed by atoms with Crippen molar-refractivity contribution >= 4 is 11.0 Å². The molecule has 106 valence electrons. The molecule has 0 radical (unpaired) electrons. The van der Waals surface area contributed by atoms with Gasteiger partial charge in [-0.2, -0.15) is 0 Å². The van der Waals surface area contributed by atoms with Gasteiger partial charge in [-0.1, -0.05) is 36.4 Å². The van der Waals surface area contributed by atoms with Gasteiger partial charge in [0.15, 0.2) is 0 Å². The Bertz CT molecular complexity index is 723. The van der Waals surface area contributed by atoms with Crippen LogP contribution in [0.4, 0.5) is 0 Å². The zero-order chi connectivity index (χ0) is 14.2. The normalized spacial score (nSPS) is 18.4. The molecule has 2 unspecified atom stereocenters. The lowest BCUT2D eigenvalue weighted by atomic mass is 10.0. The van der Waals surface area contributed by atoms with E-state index in [2.05, 4.69) is 11.5 Å². The van der Waals surface area contributed by atoms with E-state index in [0.717, 1.165) is 28.9 Å². The van der Waals surface area contributed by atoms with Crippen molar-refractivity contribution in [3.63, 3.8) is 0 Å². The monoisotopic (exact) mass is 280 g/mol. The molecule has 0 spiro atoms. The van der Waals surface area contributed by atoms with Crippen LogP contribution in [0.2, 0.25) is 0 Å². The zero-order valence-electron chi connectivity index (χ0n) is 11.5. The molecule has 4 nitrogen and oxygen atoms in total. The summed E-state index contributed by atoms with van der Waals surface area (Å²) in [6.07, 6.45) is 0.759. The fourth-order valence-corrected chi connectivity index (χ4v) is 2.92. The van der Waals surface area contributed by atoms with Gasteiger partial charge in [0.05, 0.1) is 0 Å². The van der Waals surface area contributed by atoms with E-state index in [-0.39, 0.29) is 12.1 Å². The molecule has 3 N–H and O–H groups in total. The lowest BCUT2D eigenvalue weighted by Crippen LogP contribution is -2.38. The third-order valence-corrected chi connectivity index (χ3v) is 3.97. The Morgan fingerprint density at radius 1 is 1.10 bits per heavy atom. The van der Waals surface area contributed by atoms with Crippen LogP contribution in [0, 0.1) is 0 Å². The Morgan fingerprint density at radius 2 is 1.90 bits per heavy atom. The van der Waals surface area contributed by atoms with Gasteiger partial charge in [-0.15, -0.1) is 0 Å². The molecule has 0 aliphatic carbocycles. The van der Waals surface area contributed by atoms with Crippen LogP contribution in [0.5, 0.6) is 5.75 Å². The van der Waals surface area contributed by atoms with E-state index < -0.39 is 0 Å². The fraction of sp³-hybridized carbons (Fsp3) is 0.176. The summed E-state index contributed by atoms with van der Waals surface area (Å²) in [4.78, 5) is 0. The number of rotatable bonds is 3. The van der Waals surface area contributed by atoms with E-state index in [1.807, 2.05) is 48.5 Å². The molecule has 2 heterocycles. The number of hydrogen-bond donors (Lipinski definition) is 2. The SMILES string of the molecule is NNC(c1cc2ccccc2o1)C1Cc2ccccc2O1. The third-order valence-electron chi connectivity index (χ3n) is 3.97. The number of furan rings is 1. The van der Waals surface area contributed by atoms with E-state index >= 15 is 0 Å². The van der Waals surface area contributed by atoms with Gasteiger partial charge < -0.3 is 9.15 Å². The summed E-state index contributed by atoms with van der Waals surface area (Å²) in [6.45, 7) is 0. The number of nitrogens with two attached hydrogens (primary N) is 1. The number of hydrogen-bond acceptors (Lipinski definition) is 4. The van der Waals surface area contributed by atoms with Crippen LogP contribution >= 0.6 is 0 Å². The summed E-state index contributed by atoms with van der Waals surface area (Å²) < 4.78 is 11.9. The number of hydrazine groups is 1. The zero-order valence-corrected chi connectivity index (χ0v) is 11.5. The van der Waals surface area contributed by atoms with Crippen LogP contribution in [0.1, 0.15) is 17.4 Å². The smallest absolute Gasteiger partial charge is 0.134 e. The van der Waals surface area contributed by atoms with Crippen LogP contribution in [0.3, 0.4) is 0 Å². The minimum absolute atomic E-state index is 0.0621. The van der Waals surface area contributed by atoms with Gasteiger partial charge in [0.25, 0.3) is 0 Å². The van der Waals surface area contributed by atoms with Gasteiger partial charge in [0, 0.05) is 11.8 Å². The highest BCUT2D eigenvalue weighted by molar-refractivity contribution is 5.77. The number of para-hydroxylation sites is 2. The Balaban J connectivity index is 1.66. The minimum Gasteiger partial charge on any atom is -0.488 e. The Hall–Kier alpha value is -2.30. The highest BCUT2D eigenvalue weighted by Gasteiger charge is 2.32. The molecule has 2 atom stereocenters. The first-order chi connectivity index (χ1) is 10.3. The molecule has 0 saturated heterocycles. The Kier molecular flexibility index (Phi) is 2.91. The average Bonchev–Trinajstić information content (AvgIpc) is 3.11. The first kappa shape index (κ1) is 12.4. The van der Waals surface area contributed by atoms with Crippen LogP contribution in [-0.2, 0) is 6.42 Å². The molecule has 1 aliphatic heterocycles. The maximum atomic E-state index is 6.01. The molecule has 0 fully saturated rings. The number of ether oxygens (including phenoxy) is 1. The van der Waals surface area contributed by atoms with Crippen molar-refractivity contribution in [2.75, 3.05) is 0 Å². The molecular weight excluding hydrogens is 264 g/mol. The summed E-state index contributed by atoms with van der Waals surface area (Å²) in [7, 11) is 0. The molecule has 0 saturated carbocycles. The van der Waals surface area contributed by atoms with Gasteiger partial charge in [-0.25, -0.2) is 5.43 Å². The summed E-state index contributed by atoms with van der Waals surface area (Å²) in [5.74, 6) is 7.48. The molecule has 1 aliphatic rings. The van der Waals surface area contributed by atoms with Gasteiger partial charge >= 0.3 is 0 Å². The number of benzene rings is 2. The Morgan fingerprint density at radius 3 is 2.71 bits per heavy atom. The second-order valence-corrected chi connectivity index (χ2v) is 5.30. The molecule has 1 aromatic heterocycles. The first-order valence-electron chi connectivity index (χ1n) is 7.04. The fourth-order valence-electron chi connectivity index (χ4n) is 2.92. The van der Waals surface area contributed by atoms with Crippen molar-refractivity contribution in [2.45, 2.75) is 18.6 Å². The van der Waals surface area contributed by atoms with Crippen molar-refractivity contribution < 1.29 is 9.15 Å². The van der Waals surface area contributed by atoms with Crippen molar-refractivity contribution in [3.8, 4) is 5.75 Å². The highest BCUT2D eigenvalue weighted by Crippen LogP contribution is 2.35. The Labute approximate surface area is 122 Å².